The smallest absolute Gasteiger partial charge is 0.311 e. The van der Waals surface area contributed by atoms with Crippen molar-refractivity contribution in [3.63, 3.8) is 0 Å². The summed E-state index contributed by atoms with van der Waals surface area (Å²) in [6, 6.07) is 6.05. The van der Waals surface area contributed by atoms with Gasteiger partial charge in [0.25, 0.3) is 0 Å². The molecule has 1 N–H and O–H groups in total. The lowest BCUT2D eigenvalue weighted by atomic mass is 10.1. The minimum Gasteiger partial charge on any atom is -0.466 e. The van der Waals surface area contributed by atoms with Gasteiger partial charge >= 0.3 is 5.97 Å². The minimum atomic E-state index is -0.315. The summed E-state index contributed by atoms with van der Waals surface area (Å²) in [7, 11) is 0. The molecule has 0 spiro atoms. The molecular weight excluding hydrogens is 420 g/mol. The number of amides is 1. The Bertz CT molecular complexity index is 926. The molecule has 2 aromatic rings. The van der Waals surface area contributed by atoms with Gasteiger partial charge in [-0.3, -0.25) is 19.4 Å². The highest BCUT2D eigenvalue weighted by Crippen LogP contribution is 2.32. The summed E-state index contributed by atoms with van der Waals surface area (Å²) in [4.78, 5) is 32.7. The first-order valence-electron chi connectivity index (χ1n) is 10.3. The second-order valence-corrected chi connectivity index (χ2v) is 8.27. The van der Waals surface area contributed by atoms with E-state index in [1.54, 1.807) is 12.3 Å². The Hall–Kier alpha value is -2.69. The third kappa shape index (κ3) is 5.93. The third-order valence-electron chi connectivity index (χ3n) is 5.10. The molecule has 1 aromatic carbocycles. The SMILES string of the molecule is CCOC(=O)Cc1csc(NC(=O)CN2CCN(Cc3ccc4c(c3)OCO4)CC2)n1. The van der Waals surface area contributed by atoms with E-state index in [2.05, 4.69) is 26.2 Å². The first kappa shape index (κ1) is 21.5. The number of nitrogens with zero attached hydrogens (tertiary/aromatic N) is 3. The number of fused-ring (bicyclic) bond motifs is 1. The maximum Gasteiger partial charge on any atom is 0.311 e. The molecule has 31 heavy (non-hydrogen) atoms. The van der Waals surface area contributed by atoms with Crippen molar-refractivity contribution in [3.05, 3.63) is 34.8 Å². The van der Waals surface area contributed by atoms with E-state index in [1.165, 1.54) is 16.9 Å². The number of piperazine rings is 1. The number of thiazole rings is 1. The number of aromatic nitrogens is 1. The molecule has 9 nitrogen and oxygen atoms in total. The number of hydrogen-bond donors (Lipinski definition) is 1. The van der Waals surface area contributed by atoms with Gasteiger partial charge in [-0.05, 0) is 24.6 Å². The average molecular weight is 447 g/mol. The molecule has 1 amide bonds. The molecular formula is C21H26N4O5S. The summed E-state index contributed by atoms with van der Waals surface area (Å²) in [5.74, 6) is 1.19. The van der Waals surface area contributed by atoms with E-state index in [0.29, 0.717) is 24.0 Å². The zero-order chi connectivity index (χ0) is 21.6. The summed E-state index contributed by atoms with van der Waals surface area (Å²) >= 11 is 1.31. The molecule has 10 heteroatoms. The Balaban J connectivity index is 1.19. The lowest BCUT2D eigenvalue weighted by Crippen LogP contribution is -2.48. The van der Waals surface area contributed by atoms with Crippen molar-refractivity contribution in [2.75, 3.05) is 51.4 Å². The van der Waals surface area contributed by atoms with Gasteiger partial charge in [-0.15, -0.1) is 11.3 Å². The molecule has 4 rings (SSSR count). The topological polar surface area (TPSA) is 93.2 Å². The highest BCUT2D eigenvalue weighted by Gasteiger charge is 2.21. The zero-order valence-corrected chi connectivity index (χ0v) is 18.3. The van der Waals surface area contributed by atoms with Gasteiger partial charge in [-0.1, -0.05) is 6.07 Å². The molecule has 1 fully saturated rings. The van der Waals surface area contributed by atoms with Crippen LogP contribution in [0.4, 0.5) is 5.13 Å². The number of rotatable bonds is 8. The van der Waals surface area contributed by atoms with Crippen LogP contribution in [0.3, 0.4) is 0 Å². The van der Waals surface area contributed by atoms with E-state index in [1.807, 2.05) is 12.1 Å². The maximum absolute atomic E-state index is 12.4. The first-order valence-corrected chi connectivity index (χ1v) is 11.2. The van der Waals surface area contributed by atoms with E-state index < -0.39 is 0 Å². The van der Waals surface area contributed by atoms with Crippen molar-refractivity contribution in [1.29, 1.82) is 0 Å². The lowest BCUT2D eigenvalue weighted by Gasteiger charge is -2.34. The van der Waals surface area contributed by atoms with Crippen LogP contribution >= 0.6 is 11.3 Å². The largest absolute Gasteiger partial charge is 0.466 e. The maximum atomic E-state index is 12.4. The highest BCUT2D eigenvalue weighted by atomic mass is 32.1. The van der Waals surface area contributed by atoms with Crippen molar-refractivity contribution in [3.8, 4) is 11.5 Å². The zero-order valence-electron chi connectivity index (χ0n) is 17.5. The van der Waals surface area contributed by atoms with E-state index in [-0.39, 0.29) is 25.1 Å². The fourth-order valence-electron chi connectivity index (χ4n) is 3.57. The molecule has 0 radical (unpaired) electrons. The monoisotopic (exact) mass is 446 g/mol. The molecule has 166 valence electrons. The van der Waals surface area contributed by atoms with Gasteiger partial charge in [0.05, 0.1) is 25.3 Å². The number of ether oxygens (including phenoxy) is 3. The van der Waals surface area contributed by atoms with Crippen molar-refractivity contribution >= 4 is 28.3 Å². The second kappa shape index (κ2) is 10.1. The van der Waals surface area contributed by atoms with Gasteiger partial charge in [-0.25, -0.2) is 4.98 Å². The van der Waals surface area contributed by atoms with Crippen LogP contribution in [0, 0.1) is 0 Å². The Morgan fingerprint density at radius 2 is 1.94 bits per heavy atom. The molecule has 1 aromatic heterocycles. The summed E-state index contributed by atoms with van der Waals surface area (Å²) in [6.45, 7) is 6.99. The first-order chi connectivity index (χ1) is 15.1. The van der Waals surface area contributed by atoms with Crippen LogP contribution in [0.2, 0.25) is 0 Å². The standard InChI is InChI=1S/C21H26N4O5S/c1-2-28-20(27)10-16-13-31-21(22-16)23-19(26)12-25-7-5-24(6-8-25)11-15-3-4-17-18(9-15)30-14-29-17/h3-4,9,13H,2,5-8,10-12,14H2,1H3,(H,22,23,26). The molecule has 0 bridgehead atoms. The quantitative estimate of drug-likeness (QED) is 0.613. The molecule has 2 aliphatic heterocycles. The molecule has 3 heterocycles. The molecule has 0 atom stereocenters. The minimum absolute atomic E-state index is 0.0961. The van der Waals surface area contributed by atoms with Crippen LogP contribution in [-0.2, 0) is 27.3 Å². The summed E-state index contributed by atoms with van der Waals surface area (Å²) in [5, 5.41) is 5.10. The third-order valence-corrected chi connectivity index (χ3v) is 5.91. The predicted octanol–water partition coefficient (Wildman–Crippen LogP) is 1.73. The molecule has 2 aliphatic rings. The Kier molecular flexibility index (Phi) is 7.00. The number of esters is 1. The van der Waals surface area contributed by atoms with Crippen LogP contribution in [-0.4, -0.2) is 72.8 Å². The number of carbonyl (C=O) groups excluding carboxylic acids is 2. The molecule has 0 aliphatic carbocycles. The van der Waals surface area contributed by atoms with Crippen LogP contribution in [0.1, 0.15) is 18.2 Å². The Morgan fingerprint density at radius 3 is 2.74 bits per heavy atom. The van der Waals surface area contributed by atoms with E-state index in [4.69, 9.17) is 14.2 Å². The van der Waals surface area contributed by atoms with Crippen LogP contribution in [0.15, 0.2) is 23.6 Å². The van der Waals surface area contributed by atoms with Crippen LogP contribution in [0.5, 0.6) is 11.5 Å². The lowest BCUT2D eigenvalue weighted by molar-refractivity contribution is -0.142. The summed E-state index contributed by atoms with van der Waals surface area (Å²) < 4.78 is 15.7. The number of hydrogen-bond acceptors (Lipinski definition) is 9. The fourth-order valence-corrected chi connectivity index (χ4v) is 4.30. The number of carbonyl (C=O) groups is 2. The highest BCUT2D eigenvalue weighted by molar-refractivity contribution is 7.13. The average Bonchev–Trinajstić information content (AvgIpc) is 3.38. The van der Waals surface area contributed by atoms with E-state index in [0.717, 1.165) is 44.2 Å². The normalized spacial score (nSPS) is 16.3. The van der Waals surface area contributed by atoms with Crippen molar-refractivity contribution < 1.29 is 23.8 Å². The summed E-state index contributed by atoms with van der Waals surface area (Å²) in [6.07, 6.45) is 0.117. The number of nitrogens with one attached hydrogen (secondary N) is 1. The number of benzene rings is 1. The molecule has 1 saturated heterocycles. The second-order valence-electron chi connectivity index (χ2n) is 7.41. The van der Waals surface area contributed by atoms with Crippen LogP contribution < -0.4 is 14.8 Å². The fraction of sp³-hybridized carbons (Fsp3) is 0.476. The van der Waals surface area contributed by atoms with E-state index in [9.17, 15) is 9.59 Å². The van der Waals surface area contributed by atoms with Crippen molar-refractivity contribution in [1.82, 2.24) is 14.8 Å². The molecule has 0 saturated carbocycles. The van der Waals surface area contributed by atoms with Gasteiger partial charge < -0.3 is 19.5 Å². The van der Waals surface area contributed by atoms with Gasteiger partial charge in [0, 0.05) is 38.1 Å². The number of anilines is 1. The van der Waals surface area contributed by atoms with Gasteiger partial charge in [0.1, 0.15) is 0 Å². The van der Waals surface area contributed by atoms with Gasteiger partial charge in [0.2, 0.25) is 12.7 Å². The van der Waals surface area contributed by atoms with E-state index >= 15 is 0 Å². The van der Waals surface area contributed by atoms with Crippen molar-refractivity contribution in [2.45, 2.75) is 19.9 Å². The summed E-state index contributed by atoms with van der Waals surface area (Å²) in [5.41, 5.74) is 1.80. The van der Waals surface area contributed by atoms with Crippen molar-refractivity contribution in [2.24, 2.45) is 0 Å². The Labute approximate surface area is 184 Å². The Morgan fingerprint density at radius 1 is 1.16 bits per heavy atom. The van der Waals surface area contributed by atoms with Gasteiger partial charge in [0.15, 0.2) is 16.6 Å². The van der Waals surface area contributed by atoms with Crippen LogP contribution in [0.25, 0.3) is 0 Å². The van der Waals surface area contributed by atoms with Gasteiger partial charge in [-0.2, -0.15) is 0 Å². The molecule has 0 unspecified atom stereocenters. The predicted molar refractivity (Wildman–Crippen MR) is 115 cm³/mol.